The third kappa shape index (κ3) is 4.98. The molecule has 0 unspecified atom stereocenters. The smallest absolute Gasteiger partial charge is 0.228 e. The fraction of sp³-hybridized carbons (Fsp3) is 0.207. The second-order valence-electron chi connectivity index (χ2n) is 9.52. The van der Waals surface area contributed by atoms with Crippen LogP contribution in [0.4, 0.5) is 21.8 Å². The highest BCUT2D eigenvalue weighted by atomic mass is 35.5. The summed E-state index contributed by atoms with van der Waals surface area (Å²) in [6.45, 7) is 3.19. The van der Waals surface area contributed by atoms with Gasteiger partial charge in [-0.05, 0) is 35.9 Å². The lowest BCUT2D eigenvalue weighted by molar-refractivity contribution is 0.411. The van der Waals surface area contributed by atoms with Crippen molar-refractivity contribution in [2.24, 2.45) is 0 Å². The lowest BCUT2D eigenvalue weighted by atomic mass is 10.1. The molecule has 0 atom stereocenters. The molecule has 3 aromatic carbocycles. The normalized spacial score (nSPS) is 13.7. The number of anilines is 3. The zero-order valence-corrected chi connectivity index (χ0v) is 23.2. The Hall–Kier alpha value is -4.08. The van der Waals surface area contributed by atoms with Gasteiger partial charge in [0.15, 0.2) is 5.65 Å². The molecule has 0 bridgehead atoms. The summed E-state index contributed by atoms with van der Waals surface area (Å²) in [7, 11) is 1.50. The third-order valence-corrected chi connectivity index (χ3v) is 7.80. The number of nitrogens with zero attached hydrogens (tertiary/aromatic N) is 6. The van der Waals surface area contributed by atoms with Gasteiger partial charge in [-0.15, -0.1) is 5.10 Å². The lowest BCUT2D eigenvalue weighted by Crippen LogP contribution is -2.47. The first kappa shape index (κ1) is 26.2. The van der Waals surface area contributed by atoms with Crippen molar-refractivity contribution in [1.29, 1.82) is 0 Å². The zero-order valence-electron chi connectivity index (χ0n) is 21.7. The molecule has 0 spiro atoms. The van der Waals surface area contributed by atoms with E-state index in [0.717, 1.165) is 24.3 Å². The van der Waals surface area contributed by atoms with Crippen molar-refractivity contribution in [3.8, 4) is 17.0 Å². The van der Waals surface area contributed by atoms with Crippen molar-refractivity contribution in [3.63, 3.8) is 0 Å². The first-order valence-corrected chi connectivity index (χ1v) is 13.5. The summed E-state index contributed by atoms with van der Waals surface area (Å²) in [6.07, 6.45) is 0. The van der Waals surface area contributed by atoms with Gasteiger partial charge >= 0.3 is 0 Å². The molecule has 0 radical (unpaired) electrons. The first-order chi connectivity index (χ1) is 19.4. The Labute approximate surface area is 240 Å². The van der Waals surface area contributed by atoms with Gasteiger partial charge in [-0.3, -0.25) is 0 Å². The van der Waals surface area contributed by atoms with Gasteiger partial charge < -0.3 is 20.3 Å². The summed E-state index contributed by atoms with van der Waals surface area (Å²) in [5, 5.41) is 6.28. The summed E-state index contributed by atoms with van der Waals surface area (Å²) in [4.78, 5) is 14.0. The van der Waals surface area contributed by atoms with E-state index in [2.05, 4.69) is 9.80 Å². The molecule has 2 N–H and O–H groups in total. The highest BCUT2D eigenvalue weighted by molar-refractivity contribution is 6.42. The summed E-state index contributed by atoms with van der Waals surface area (Å²) >= 11 is 12.3. The van der Waals surface area contributed by atoms with E-state index >= 15 is 4.39 Å². The van der Waals surface area contributed by atoms with E-state index in [4.69, 9.17) is 48.7 Å². The molecule has 0 saturated carbocycles. The molecule has 11 heteroatoms. The minimum Gasteiger partial charge on any atom is -0.497 e. The van der Waals surface area contributed by atoms with Gasteiger partial charge in [-0.25, -0.2) is 14.1 Å². The number of hydrogen-bond donors (Lipinski definition) is 1. The van der Waals surface area contributed by atoms with Crippen LogP contribution in [0, 0.1) is 5.82 Å². The Balaban J connectivity index is 1.38. The van der Waals surface area contributed by atoms with Crippen LogP contribution in [0.3, 0.4) is 0 Å². The van der Waals surface area contributed by atoms with Gasteiger partial charge in [-0.1, -0.05) is 53.5 Å². The van der Waals surface area contributed by atoms with Gasteiger partial charge in [-0.2, -0.15) is 4.98 Å². The number of nitrogen functional groups attached to an aromatic ring is 1. The Kier molecular flexibility index (Phi) is 7.08. The SMILES string of the molecule is COc1ccc(-c2nc(N3CCN(c4ccc(Cl)c(Cl)c4)CC3)nc3nn(Cc4ccccc4)c(N)c23)c(F)c1. The van der Waals surface area contributed by atoms with E-state index in [1.165, 1.54) is 13.2 Å². The molecule has 204 valence electrons. The number of aromatic nitrogens is 4. The Morgan fingerprint density at radius 3 is 2.35 bits per heavy atom. The lowest BCUT2D eigenvalue weighted by Gasteiger charge is -2.36. The molecule has 5 aromatic rings. The van der Waals surface area contributed by atoms with Crippen LogP contribution < -0.4 is 20.3 Å². The summed E-state index contributed by atoms with van der Waals surface area (Å²) in [5.74, 6) is 0.791. The first-order valence-electron chi connectivity index (χ1n) is 12.8. The number of hydrogen-bond acceptors (Lipinski definition) is 7. The minimum absolute atomic E-state index is 0.301. The van der Waals surface area contributed by atoms with E-state index in [9.17, 15) is 0 Å². The van der Waals surface area contributed by atoms with Crippen molar-refractivity contribution >= 4 is 51.7 Å². The van der Waals surface area contributed by atoms with Crippen LogP contribution in [-0.2, 0) is 6.54 Å². The fourth-order valence-electron chi connectivity index (χ4n) is 4.92. The second-order valence-corrected chi connectivity index (χ2v) is 10.3. The Morgan fingerprint density at radius 2 is 1.65 bits per heavy atom. The van der Waals surface area contributed by atoms with Crippen molar-refractivity contribution in [1.82, 2.24) is 19.7 Å². The number of methoxy groups -OCH3 is 1. The number of halogens is 3. The molecule has 1 aliphatic heterocycles. The van der Waals surface area contributed by atoms with Gasteiger partial charge in [0.25, 0.3) is 0 Å². The second kappa shape index (κ2) is 10.8. The molecule has 6 rings (SSSR count). The maximum atomic E-state index is 15.4. The minimum atomic E-state index is -0.468. The number of piperazine rings is 1. The van der Waals surface area contributed by atoms with Crippen LogP contribution in [0.1, 0.15) is 5.56 Å². The molecule has 3 heterocycles. The third-order valence-electron chi connectivity index (χ3n) is 7.07. The van der Waals surface area contributed by atoms with Crippen molar-refractivity contribution in [2.45, 2.75) is 6.54 Å². The molecule has 40 heavy (non-hydrogen) atoms. The molecule has 1 aliphatic rings. The Morgan fingerprint density at radius 1 is 0.900 bits per heavy atom. The quantitative estimate of drug-likeness (QED) is 0.268. The van der Waals surface area contributed by atoms with Crippen LogP contribution in [0.2, 0.25) is 10.0 Å². The number of fused-ring (bicyclic) bond motifs is 1. The van der Waals surface area contributed by atoms with Crippen molar-refractivity contribution in [3.05, 3.63) is 88.2 Å². The zero-order chi connectivity index (χ0) is 27.8. The molecular weight excluding hydrogens is 552 g/mol. The number of benzene rings is 3. The van der Waals surface area contributed by atoms with Crippen molar-refractivity contribution in [2.75, 3.05) is 48.8 Å². The van der Waals surface area contributed by atoms with Crippen LogP contribution in [0.15, 0.2) is 66.7 Å². The monoisotopic (exact) mass is 577 g/mol. The van der Waals surface area contributed by atoms with E-state index < -0.39 is 5.82 Å². The van der Waals surface area contributed by atoms with Gasteiger partial charge in [0, 0.05) is 43.5 Å². The van der Waals surface area contributed by atoms with Crippen LogP contribution in [-0.4, -0.2) is 53.0 Å². The highest BCUT2D eigenvalue weighted by Crippen LogP contribution is 2.35. The molecule has 0 amide bonds. The summed E-state index contributed by atoms with van der Waals surface area (Å²) in [6, 6.07) is 20.2. The maximum Gasteiger partial charge on any atom is 0.228 e. The van der Waals surface area contributed by atoms with Gasteiger partial charge in [0.2, 0.25) is 5.95 Å². The molecule has 1 saturated heterocycles. The Bertz CT molecular complexity index is 1690. The molecule has 0 aliphatic carbocycles. The summed E-state index contributed by atoms with van der Waals surface area (Å²) in [5.41, 5.74) is 9.74. The standard InChI is InChI=1S/C29H26Cl2FN7O/c1-40-20-8-9-21(24(32)16-20)26-25-27(33)39(17-18-5-3-2-4-6-18)36-28(25)35-29(34-26)38-13-11-37(12-14-38)19-7-10-22(30)23(31)15-19/h2-10,15-16H,11-14,17,33H2,1H3. The van der Waals surface area contributed by atoms with E-state index in [0.29, 0.717) is 69.5 Å². The van der Waals surface area contributed by atoms with Crippen LogP contribution in [0.25, 0.3) is 22.3 Å². The van der Waals surface area contributed by atoms with E-state index in [-0.39, 0.29) is 0 Å². The summed E-state index contributed by atoms with van der Waals surface area (Å²) < 4.78 is 22.3. The topological polar surface area (TPSA) is 85.3 Å². The number of rotatable bonds is 6. The highest BCUT2D eigenvalue weighted by Gasteiger charge is 2.25. The van der Waals surface area contributed by atoms with E-state index in [1.807, 2.05) is 42.5 Å². The largest absolute Gasteiger partial charge is 0.497 e. The van der Waals surface area contributed by atoms with Crippen LogP contribution in [0.5, 0.6) is 5.75 Å². The molecular formula is C29H26Cl2FN7O. The van der Waals surface area contributed by atoms with E-state index in [1.54, 1.807) is 22.9 Å². The van der Waals surface area contributed by atoms with Gasteiger partial charge in [0.05, 0.1) is 34.8 Å². The van der Waals surface area contributed by atoms with Gasteiger partial charge in [0.1, 0.15) is 17.4 Å². The predicted octanol–water partition coefficient (Wildman–Crippen LogP) is 5.90. The maximum absolute atomic E-state index is 15.4. The average Bonchev–Trinajstić information content (AvgIpc) is 3.29. The van der Waals surface area contributed by atoms with Crippen molar-refractivity contribution < 1.29 is 9.13 Å². The number of nitrogens with two attached hydrogens (primary N) is 1. The fourth-order valence-corrected chi connectivity index (χ4v) is 5.21. The molecule has 2 aromatic heterocycles. The van der Waals surface area contributed by atoms with Crippen LogP contribution >= 0.6 is 23.2 Å². The molecule has 8 nitrogen and oxygen atoms in total. The average molecular weight is 578 g/mol. The predicted molar refractivity (Wildman–Crippen MR) is 158 cm³/mol. The molecule has 1 fully saturated rings. The number of ether oxygens (including phenoxy) is 1.